The fourth-order valence-electron chi connectivity index (χ4n) is 1.60. The average Bonchev–Trinajstić information content (AvgIpc) is 2.57. The molecule has 1 rings (SSSR count). The zero-order chi connectivity index (χ0) is 9.52. The minimum Gasteiger partial charge on any atom is -0.374 e. The first kappa shape index (κ1) is 10.7. The lowest BCUT2D eigenvalue weighted by molar-refractivity contribution is -0.124. The molecule has 1 fully saturated rings. The molecule has 0 bridgehead atoms. The minimum atomic E-state index is 0.229. The molecule has 1 atom stereocenters. The molecule has 1 aliphatic heterocycles. The molecule has 13 heavy (non-hydrogen) atoms. The third kappa shape index (κ3) is 4.39. The largest absolute Gasteiger partial charge is 0.374 e. The van der Waals surface area contributed by atoms with Gasteiger partial charge in [0.05, 0.1) is 0 Å². The van der Waals surface area contributed by atoms with Crippen molar-refractivity contribution in [3.8, 4) is 0 Å². The van der Waals surface area contributed by atoms with Gasteiger partial charge in [0.2, 0.25) is 0 Å². The Bertz CT molecular complexity index is 153. The van der Waals surface area contributed by atoms with Gasteiger partial charge in [-0.2, -0.15) is 0 Å². The summed E-state index contributed by atoms with van der Waals surface area (Å²) >= 11 is 0. The number of carbonyl (C=O) groups excluding carboxylic acids is 1. The Balaban J connectivity index is 2.02. The molecule has 1 saturated heterocycles. The van der Waals surface area contributed by atoms with Gasteiger partial charge in [0.1, 0.15) is 6.61 Å². The van der Waals surface area contributed by atoms with Crippen molar-refractivity contribution in [3.05, 3.63) is 0 Å². The Morgan fingerprint density at radius 1 is 1.62 bits per heavy atom. The average molecular weight is 185 g/mol. The summed E-state index contributed by atoms with van der Waals surface area (Å²) in [6, 6.07) is 0.415. The Morgan fingerprint density at radius 2 is 2.46 bits per heavy atom. The highest BCUT2D eigenvalue weighted by molar-refractivity contribution is 5.80. The number of nitrogens with one attached hydrogen (secondary N) is 1. The molecule has 0 aromatic heterocycles. The first-order chi connectivity index (χ1) is 6.33. The third-order valence-electron chi connectivity index (χ3n) is 2.25. The second kappa shape index (κ2) is 6.11. The van der Waals surface area contributed by atoms with E-state index in [9.17, 15) is 4.79 Å². The van der Waals surface area contributed by atoms with Gasteiger partial charge in [-0.1, -0.05) is 6.92 Å². The molecule has 1 unspecified atom stereocenters. The standard InChI is InChI=1S/C10H19NO2/c1-2-6-13-8-10(12)7-9-4-3-5-11-9/h9,11H,2-8H2,1H3. The molecule has 1 N–H and O–H groups in total. The highest BCUT2D eigenvalue weighted by Gasteiger charge is 2.17. The Labute approximate surface area is 79.8 Å². The highest BCUT2D eigenvalue weighted by atomic mass is 16.5. The van der Waals surface area contributed by atoms with Crippen LogP contribution in [0.3, 0.4) is 0 Å². The van der Waals surface area contributed by atoms with E-state index in [-0.39, 0.29) is 5.78 Å². The summed E-state index contributed by atoms with van der Waals surface area (Å²) in [5.41, 5.74) is 0. The van der Waals surface area contributed by atoms with Crippen molar-refractivity contribution in [1.82, 2.24) is 5.32 Å². The number of hydrogen-bond donors (Lipinski definition) is 1. The summed E-state index contributed by atoms with van der Waals surface area (Å²) < 4.78 is 5.18. The van der Waals surface area contributed by atoms with Crippen molar-refractivity contribution in [2.24, 2.45) is 0 Å². The van der Waals surface area contributed by atoms with Crippen molar-refractivity contribution >= 4 is 5.78 Å². The SMILES string of the molecule is CCCOCC(=O)CC1CCCN1. The van der Waals surface area contributed by atoms with Crippen LogP contribution in [0.5, 0.6) is 0 Å². The maximum atomic E-state index is 11.3. The molecule has 76 valence electrons. The topological polar surface area (TPSA) is 38.3 Å². The van der Waals surface area contributed by atoms with Gasteiger partial charge in [-0.3, -0.25) is 4.79 Å². The quantitative estimate of drug-likeness (QED) is 0.630. The number of hydrogen-bond acceptors (Lipinski definition) is 3. The number of ketones is 1. The van der Waals surface area contributed by atoms with E-state index >= 15 is 0 Å². The first-order valence-electron chi connectivity index (χ1n) is 5.15. The minimum absolute atomic E-state index is 0.229. The summed E-state index contributed by atoms with van der Waals surface area (Å²) in [6.07, 6.45) is 3.96. The molecule has 1 heterocycles. The van der Waals surface area contributed by atoms with E-state index in [1.54, 1.807) is 0 Å². The van der Waals surface area contributed by atoms with Crippen molar-refractivity contribution in [2.75, 3.05) is 19.8 Å². The summed E-state index contributed by atoms with van der Waals surface area (Å²) in [5, 5.41) is 3.30. The molecule has 3 heteroatoms. The van der Waals surface area contributed by atoms with Gasteiger partial charge >= 0.3 is 0 Å². The van der Waals surface area contributed by atoms with Crippen molar-refractivity contribution in [1.29, 1.82) is 0 Å². The Kier molecular flexibility index (Phi) is 5.01. The van der Waals surface area contributed by atoms with Crippen LogP contribution in [0.1, 0.15) is 32.6 Å². The van der Waals surface area contributed by atoms with Gasteiger partial charge in [-0.25, -0.2) is 0 Å². The van der Waals surface area contributed by atoms with Crippen LogP contribution in [0.4, 0.5) is 0 Å². The summed E-state index contributed by atoms with van der Waals surface area (Å²) in [5.74, 6) is 0.229. The smallest absolute Gasteiger partial charge is 0.160 e. The molecule has 0 amide bonds. The summed E-state index contributed by atoms with van der Waals surface area (Å²) in [4.78, 5) is 11.3. The fraction of sp³-hybridized carbons (Fsp3) is 0.900. The molecule has 0 aliphatic carbocycles. The molecule has 0 spiro atoms. The molecule has 0 radical (unpaired) electrons. The van der Waals surface area contributed by atoms with E-state index < -0.39 is 0 Å². The molecule has 0 aromatic carbocycles. The van der Waals surface area contributed by atoms with Crippen molar-refractivity contribution in [2.45, 2.75) is 38.6 Å². The van der Waals surface area contributed by atoms with Gasteiger partial charge in [0.15, 0.2) is 5.78 Å². The predicted molar refractivity (Wildman–Crippen MR) is 51.8 cm³/mol. The summed E-state index contributed by atoms with van der Waals surface area (Å²) in [6.45, 7) is 4.10. The van der Waals surface area contributed by atoms with E-state index in [0.29, 0.717) is 25.7 Å². The first-order valence-corrected chi connectivity index (χ1v) is 5.15. The third-order valence-corrected chi connectivity index (χ3v) is 2.25. The second-order valence-corrected chi connectivity index (χ2v) is 3.59. The molecule has 0 aromatic rings. The molecule has 1 aliphatic rings. The summed E-state index contributed by atoms with van der Waals surface area (Å²) in [7, 11) is 0. The molecule has 0 saturated carbocycles. The fourth-order valence-corrected chi connectivity index (χ4v) is 1.60. The van der Waals surface area contributed by atoms with Crippen molar-refractivity contribution in [3.63, 3.8) is 0 Å². The van der Waals surface area contributed by atoms with Gasteiger partial charge in [0, 0.05) is 19.1 Å². The molecule has 3 nitrogen and oxygen atoms in total. The van der Waals surface area contributed by atoms with Crippen LogP contribution in [0.25, 0.3) is 0 Å². The van der Waals surface area contributed by atoms with Crippen LogP contribution in [-0.4, -0.2) is 31.6 Å². The lowest BCUT2D eigenvalue weighted by atomic mass is 10.1. The van der Waals surface area contributed by atoms with Crippen LogP contribution in [0, 0.1) is 0 Å². The maximum absolute atomic E-state index is 11.3. The lowest BCUT2D eigenvalue weighted by Gasteiger charge is -2.08. The van der Waals surface area contributed by atoms with E-state index in [1.807, 2.05) is 6.92 Å². The van der Waals surface area contributed by atoms with Crippen LogP contribution in [0.2, 0.25) is 0 Å². The second-order valence-electron chi connectivity index (χ2n) is 3.59. The molecular formula is C10H19NO2. The van der Waals surface area contributed by atoms with E-state index in [0.717, 1.165) is 19.4 Å². The molecular weight excluding hydrogens is 166 g/mol. The zero-order valence-electron chi connectivity index (χ0n) is 8.34. The lowest BCUT2D eigenvalue weighted by Crippen LogP contribution is -2.26. The zero-order valence-corrected chi connectivity index (χ0v) is 8.34. The number of ether oxygens (including phenoxy) is 1. The van der Waals surface area contributed by atoms with Gasteiger partial charge in [-0.15, -0.1) is 0 Å². The maximum Gasteiger partial charge on any atom is 0.160 e. The predicted octanol–water partition coefficient (Wildman–Crippen LogP) is 1.12. The monoisotopic (exact) mass is 185 g/mol. The van der Waals surface area contributed by atoms with E-state index in [2.05, 4.69) is 5.32 Å². The van der Waals surface area contributed by atoms with Crippen LogP contribution < -0.4 is 5.32 Å². The number of rotatable bonds is 6. The van der Waals surface area contributed by atoms with Gasteiger partial charge < -0.3 is 10.1 Å². The van der Waals surface area contributed by atoms with Crippen LogP contribution in [0.15, 0.2) is 0 Å². The van der Waals surface area contributed by atoms with Gasteiger partial charge in [-0.05, 0) is 25.8 Å². The normalized spacial score (nSPS) is 22.1. The van der Waals surface area contributed by atoms with E-state index in [1.165, 1.54) is 6.42 Å². The Hall–Kier alpha value is -0.410. The number of carbonyl (C=O) groups is 1. The van der Waals surface area contributed by atoms with Crippen LogP contribution >= 0.6 is 0 Å². The van der Waals surface area contributed by atoms with E-state index in [4.69, 9.17) is 4.74 Å². The number of Topliss-reactive ketones (excluding diaryl/α,β-unsaturated/α-hetero) is 1. The van der Waals surface area contributed by atoms with Crippen LogP contribution in [-0.2, 0) is 9.53 Å². The Morgan fingerprint density at radius 3 is 3.08 bits per heavy atom. The van der Waals surface area contributed by atoms with Gasteiger partial charge in [0.25, 0.3) is 0 Å². The highest BCUT2D eigenvalue weighted by Crippen LogP contribution is 2.08. The van der Waals surface area contributed by atoms with Crippen molar-refractivity contribution < 1.29 is 9.53 Å².